The van der Waals surface area contributed by atoms with Crippen LogP contribution >= 0.6 is 0 Å². The highest BCUT2D eigenvalue weighted by Gasteiger charge is 2.16. The third-order valence-corrected chi connectivity index (χ3v) is 5.89. The van der Waals surface area contributed by atoms with Crippen molar-refractivity contribution in [1.82, 2.24) is 4.72 Å². The van der Waals surface area contributed by atoms with Crippen LogP contribution in [0.15, 0.2) is 58.3 Å². The normalized spacial score (nSPS) is 12.0. The molecule has 2 rings (SSSR count). The molecule has 0 fully saturated rings. The van der Waals surface area contributed by atoms with E-state index in [1.807, 2.05) is 0 Å². The first-order valence-electron chi connectivity index (χ1n) is 6.83. The van der Waals surface area contributed by atoms with Crippen LogP contribution in [0.5, 0.6) is 0 Å². The van der Waals surface area contributed by atoms with Crippen LogP contribution in [0.25, 0.3) is 0 Å². The van der Waals surface area contributed by atoms with Gasteiger partial charge in [-0.05, 0) is 48.5 Å². The SMILES string of the molecule is Nc1ccc(S(=O)(=O)Nc2ccc(S(=O)(=O)NCCO)cc2)cc1. The lowest BCUT2D eigenvalue weighted by Crippen LogP contribution is -2.26. The number of hydrogen-bond acceptors (Lipinski definition) is 6. The number of nitrogen functional groups attached to an aromatic ring is 1. The van der Waals surface area contributed by atoms with Crippen LogP contribution < -0.4 is 15.2 Å². The number of aliphatic hydroxyl groups is 1. The van der Waals surface area contributed by atoms with Gasteiger partial charge in [-0.2, -0.15) is 0 Å². The number of nitrogens with two attached hydrogens (primary N) is 1. The van der Waals surface area contributed by atoms with E-state index < -0.39 is 20.0 Å². The van der Waals surface area contributed by atoms with Gasteiger partial charge in [0.25, 0.3) is 10.0 Å². The minimum Gasteiger partial charge on any atom is -0.399 e. The predicted octanol–water partition coefficient (Wildman–Crippen LogP) is 0.340. The van der Waals surface area contributed by atoms with Crippen LogP contribution in [0.1, 0.15) is 0 Å². The molecule has 2 aromatic rings. The lowest BCUT2D eigenvalue weighted by molar-refractivity contribution is 0.301. The van der Waals surface area contributed by atoms with Gasteiger partial charge >= 0.3 is 0 Å². The van der Waals surface area contributed by atoms with E-state index >= 15 is 0 Å². The van der Waals surface area contributed by atoms with Crippen molar-refractivity contribution in [1.29, 1.82) is 0 Å². The third-order valence-electron chi connectivity index (χ3n) is 3.01. The van der Waals surface area contributed by atoms with Crippen molar-refractivity contribution < 1.29 is 21.9 Å². The summed E-state index contributed by atoms with van der Waals surface area (Å²) in [6.07, 6.45) is 0. The molecular formula is C14H17N3O5S2. The largest absolute Gasteiger partial charge is 0.399 e. The van der Waals surface area contributed by atoms with Gasteiger partial charge in [0.1, 0.15) is 0 Å². The van der Waals surface area contributed by atoms with E-state index in [0.717, 1.165) is 0 Å². The molecule has 0 saturated carbocycles. The van der Waals surface area contributed by atoms with Gasteiger partial charge in [0.15, 0.2) is 0 Å². The Morgan fingerprint density at radius 2 is 1.33 bits per heavy atom. The Morgan fingerprint density at radius 1 is 0.833 bits per heavy atom. The van der Waals surface area contributed by atoms with Crippen molar-refractivity contribution >= 4 is 31.4 Å². The molecule has 0 heterocycles. The van der Waals surface area contributed by atoms with E-state index in [-0.39, 0.29) is 28.6 Å². The molecule has 130 valence electrons. The Hall–Kier alpha value is -2.14. The highest BCUT2D eigenvalue weighted by Crippen LogP contribution is 2.19. The maximum Gasteiger partial charge on any atom is 0.261 e. The van der Waals surface area contributed by atoms with Crippen LogP contribution in [0.4, 0.5) is 11.4 Å². The fourth-order valence-electron chi connectivity index (χ4n) is 1.83. The molecule has 0 aliphatic rings. The fraction of sp³-hybridized carbons (Fsp3) is 0.143. The second-order valence-corrected chi connectivity index (χ2v) is 8.27. The van der Waals surface area contributed by atoms with Gasteiger partial charge in [-0.3, -0.25) is 4.72 Å². The molecule has 24 heavy (non-hydrogen) atoms. The van der Waals surface area contributed by atoms with Crippen molar-refractivity contribution in [2.45, 2.75) is 9.79 Å². The van der Waals surface area contributed by atoms with E-state index in [4.69, 9.17) is 10.8 Å². The molecule has 0 atom stereocenters. The van der Waals surface area contributed by atoms with E-state index in [2.05, 4.69) is 9.44 Å². The monoisotopic (exact) mass is 371 g/mol. The molecule has 0 unspecified atom stereocenters. The Labute approximate surface area is 140 Å². The average Bonchev–Trinajstić information content (AvgIpc) is 2.53. The fourth-order valence-corrected chi connectivity index (χ4v) is 3.91. The summed E-state index contributed by atoms with van der Waals surface area (Å²) in [5.74, 6) is 0. The lowest BCUT2D eigenvalue weighted by atomic mass is 10.3. The zero-order valence-corrected chi connectivity index (χ0v) is 14.1. The summed E-state index contributed by atoms with van der Waals surface area (Å²) in [4.78, 5) is 0.00407. The van der Waals surface area contributed by atoms with Crippen molar-refractivity contribution in [2.75, 3.05) is 23.6 Å². The highest BCUT2D eigenvalue weighted by atomic mass is 32.2. The molecule has 0 amide bonds. The molecule has 0 spiro atoms. The van der Waals surface area contributed by atoms with E-state index in [1.54, 1.807) is 0 Å². The van der Waals surface area contributed by atoms with Gasteiger partial charge in [0, 0.05) is 17.9 Å². The number of rotatable bonds is 7. The number of nitrogens with one attached hydrogen (secondary N) is 2. The Morgan fingerprint density at radius 3 is 1.88 bits per heavy atom. The molecule has 0 radical (unpaired) electrons. The molecule has 5 N–H and O–H groups in total. The van der Waals surface area contributed by atoms with Crippen LogP contribution in [0.2, 0.25) is 0 Å². The van der Waals surface area contributed by atoms with Crippen molar-refractivity contribution in [3.8, 4) is 0 Å². The number of benzene rings is 2. The minimum atomic E-state index is -3.80. The molecular weight excluding hydrogens is 354 g/mol. The molecule has 0 aliphatic carbocycles. The summed E-state index contributed by atoms with van der Waals surface area (Å²) < 4.78 is 52.7. The molecule has 8 nitrogen and oxygen atoms in total. The summed E-state index contributed by atoms with van der Waals surface area (Å²) >= 11 is 0. The zero-order chi connectivity index (χ0) is 17.8. The molecule has 0 bridgehead atoms. The smallest absolute Gasteiger partial charge is 0.261 e. The first kappa shape index (κ1) is 18.2. The summed E-state index contributed by atoms with van der Waals surface area (Å²) in [5, 5.41) is 8.66. The van der Waals surface area contributed by atoms with Gasteiger partial charge in [0.05, 0.1) is 16.4 Å². The van der Waals surface area contributed by atoms with E-state index in [0.29, 0.717) is 5.69 Å². The molecule has 0 saturated heterocycles. The van der Waals surface area contributed by atoms with E-state index in [9.17, 15) is 16.8 Å². The first-order valence-corrected chi connectivity index (χ1v) is 9.80. The maximum absolute atomic E-state index is 12.2. The average molecular weight is 371 g/mol. The van der Waals surface area contributed by atoms with Crippen molar-refractivity contribution in [3.63, 3.8) is 0 Å². The second kappa shape index (κ2) is 7.18. The lowest BCUT2D eigenvalue weighted by Gasteiger charge is -2.10. The second-order valence-electron chi connectivity index (χ2n) is 4.82. The molecule has 10 heteroatoms. The Bertz CT molecular complexity index is 892. The molecule has 0 aromatic heterocycles. The predicted molar refractivity (Wildman–Crippen MR) is 90.4 cm³/mol. The van der Waals surface area contributed by atoms with Crippen molar-refractivity contribution in [2.24, 2.45) is 0 Å². The summed E-state index contributed by atoms with van der Waals surface area (Å²) in [6, 6.07) is 10.9. The van der Waals surface area contributed by atoms with Crippen LogP contribution in [0.3, 0.4) is 0 Å². The van der Waals surface area contributed by atoms with Crippen LogP contribution in [-0.2, 0) is 20.0 Å². The van der Waals surface area contributed by atoms with Crippen LogP contribution in [0, 0.1) is 0 Å². The Balaban J connectivity index is 2.18. The Kier molecular flexibility index (Phi) is 5.44. The van der Waals surface area contributed by atoms with Gasteiger partial charge in [-0.15, -0.1) is 0 Å². The van der Waals surface area contributed by atoms with Crippen LogP contribution in [-0.4, -0.2) is 35.1 Å². The number of sulfonamides is 2. The first-order chi connectivity index (χ1) is 11.2. The van der Waals surface area contributed by atoms with Gasteiger partial charge < -0.3 is 10.8 Å². The highest BCUT2D eigenvalue weighted by molar-refractivity contribution is 7.92. The maximum atomic E-state index is 12.2. The van der Waals surface area contributed by atoms with Crippen molar-refractivity contribution in [3.05, 3.63) is 48.5 Å². The summed E-state index contributed by atoms with van der Waals surface area (Å²) in [6.45, 7) is -0.424. The number of hydrogen-bond donors (Lipinski definition) is 4. The molecule has 0 aliphatic heterocycles. The van der Waals surface area contributed by atoms with Gasteiger partial charge in [0.2, 0.25) is 10.0 Å². The summed E-state index contributed by atoms with van der Waals surface area (Å²) in [5.41, 5.74) is 6.18. The third kappa shape index (κ3) is 4.45. The molecule has 2 aromatic carbocycles. The zero-order valence-electron chi connectivity index (χ0n) is 12.5. The summed E-state index contributed by atoms with van der Waals surface area (Å²) in [7, 11) is -7.54. The van der Waals surface area contributed by atoms with Gasteiger partial charge in [-0.25, -0.2) is 21.6 Å². The van der Waals surface area contributed by atoms with Gasteiger partial charge in [-0.1, -0.05) is 0 Å². The standard InChI is InChI=1S/C14H17N3O5S2/c15-11-1-5-14(6-2-11)24(21,22)17-12-3-7-13(8-4-12)23(19,20)16-9-10-18/h1-8,16-18H,9-10,15H2. The minimum absolute atomic E-state index is 0.0358. The van der Waals surface area contributed by atoms with E-state index in [1.165, 1.54) is 48.5 Å². The quantitative estimate of drug-likeness (QED) is 0.518. The number of aliphatic hydroxyl groups excluding tert-OH is 1. The topological polar surface area (TPSA) is 139 Å². The number of anilines is 2.